The number of nitrogens with zero attached hydrogens (tertiary/aromatic N) is 2. The maximum absolute atomic E-state index is 8.28. The monoisotopic (exact) mass is 864 g/mol. The Morgan fingerprint density at radius 3 is 1.98 bits per heavy atom. The molecule has 263 valence electrons. The third-order valence-corrected chi connectivity index (χ3v) is 8.59. The molecule has 4 aromatic carbocycles. The van der Waals surface area contributed by atoms with Gasteiger partial charge in [0.1, 0.15) is 5.58 Å². The molecule has 0 saturated carbocycles. The molecule has 1 radical (unpaired) electrons. The number of furan rings is 1. The van der Waals surface area contributed by atoms with Gasteiger partial charge in [-0.25, -0.2) is 0 Å². The van der Waals surface area contributed by atoms with Crippen molar-refractivity contribution < 1.29 is 45.1 Å². The molecule has 4 heteroatoms. The fourth-order valence-electron chi connectivity index (χ4n) is 5.68. The standard InChI is InChI=1S/C31H30NO.C16H18N.Ir/c1-18-13-20(3)29-27(14-18)24-9-8-10-25(30(24)33-29)28-16-26(21(4)17-32-28)23-12-11-22(15-19(23)2)31(5,6)7;1-12-5-7-13(8-6-12)15-10-9-14(11-17-15)16(2,3)4;/h8-9,11-17H,1-7H3;5-7,9-11H,1-4H3;/q2*-1;/i1D3,2D3,3D3,4D3;1D3;. The average Bonchev–Trinajstić information content (AvgIpc) is 3.57. The van der Waals surface area contributed by atoms with E-state index in [1.165, 1.54) is 30.0 Å². The third kappa shape index (κ3) is 8.09. The van der Waals surface area contributed by atoms with Crippen LogP contribution in [-0.2, 0) is 30.9 Å². The van der Waals surface area contributed by atoms with Crippen molar-refractivity contribution in [1.29, 1.82) is 0 Å². The van der Waals surface area contributed by atoms with Crippen molar-refractivity contribution in [3.63, 3.8) is 0 Å². The van der Waals surface area contributed by atoms with E-state index in [2.05, 4.69) is 42.9 Å². The minimum atomic E-state index is -2.69. The van der Waals surface area contributed by atoms with Crippen LogP contribution in [0.25, 0.3) is 55.6 Å². The molecule has 51 heavy (non-hydrogen) atoms. The van der Waals surface area contributed by atoms with Crippen LogP contribution in [0.4, 0.5) is 0 Å². The number of benzene rings is 4. The molecule has 0 N–H and O–H groups in total. The summed E-state index contributed by atoms with van der Waals surface area (Å²) in [6.45, 7) is -0.277. The Balaban J connectivity index is 0.000000325. The number of aromatic nitrogens is 2. The maximum atomic E-state index is 8.28. The topological polar surface area (TPSA) is 38.9 Å². The van der Waals surface area contributed by atoms with Gasteiger partial charge in [-0.1, -0.05) is 107 Å². The first-order valence-corrected chi connectivity index (χ1v) is 16.2. The van der Waals surface area contributed by atoms with Gasteiger partial charge in [-0.3, -0.25) is 0 Å². The zero-order valence-electron chi connectivity index (χ0n) is 44.3. The van der Waals surface area contributed by atoms with E-state index in [9.17, 15) is 0 Å². The van der Waals surface area contributed by atoms with Gasteiger partial charge in [0.05, 0.1) is 5.58 Å². The van der Waals surface area contributed by atoms with Crippen LogP contribution >= 0.6 is 0 Å². The van der Waals surface area contributed by atoms with Crippen LogP contribution in [0.2, 0.25) is 0 Å². The van der Waals surface area contributed by atoms with E-state index in [-0.39, 0.29) is 92.1 Å². The van der Waals surface area contributed by atoms with E-state index in [4.69, 9.17) is 25.0 Å². The minimum Gasteiger partial charge on any atom is -0.500 e. The molecule has 0 unspecified atom stereocenters. The first-order chi connectivity index (χ1) is 29.7. The molecule has 0 amide bonds. The normalized spacial score (nSPS) is 17.3. The number of hydrogen-bond donors (Lipinski definition) is 0. The average molecular weight is 864 g/mol. The second kappa shape index (κ2) is 14.7. The first kappa shape index (κ1) is 22.5. The summed E-state index contributed by atoms with van der Waals surface area (Å²) in [5.41, 5.74) is 3.92. The third-order valence-electron chi connectivity index (χ3n) is 8.59. The number of fused-ring (bicyclic) bond motifs is 3. The van der Waals surface area contributed by atoms with Crippen molar-refractivity contribution >= 4 is 21.9 Å². The van der Waals surface area contributed by atoms with Crippen molar-refractivity contribution in [1.82, 2.24) is 9.97 Å². The second-order valence-electron chi connectivity index (χ2n) is 14.4. The van der Waals surface area contributed by atoms with Crippen molar-refractivity contribution in [3.8, 4) is 33.6 Å². The number of aryl methyl sites for hydroxylation is 5. The summed E-state index contributed by atoms with van der Waals surface area (Å²) >= 11 is 0. The Bertz CT molecular complexity index is 2800. The molecule has 0 aliphatic carbocycles. The Labute approximate surface area is 339 Å². The van der Waals surface area contributed by atoms with E-state index in [0.29, 0.717) is 10.9 Å². The van der Waals surface area contributed by atoms with Gasteiger partial charge in [-0.2, -0.15) is 0 Å². The largest absolute Gasteiger partial charge is 0.500 e. The molecule has 7 aromatic rings. The molecule has 0 atom stereocenters. The molecule has 0 saturated heterocycles. The molecule has 0 bridgehead atoms. The van der Waals surface area contributed by atoms with E-state index in [1.54, 1.807) is 42.5 Å². The van der Waals surface area contributed by atoms with E-state index < -0.39 is 34.3 Å². The molecule has 0 spiro atoms. The minimum absolute atomic E-state index is 0. The zero-order chi connectivity index (χ0) is 48.5. The second-order valence-corrected chi connectivity index (χ2v) is 14.4. The quantitative estimate of drug-likeness (QED) is 0.166. The predicted molar refractivity (Wildman–Crippen MR) is 211 cm³/mol. The van der Waals surface area contributed by atoms with Crippen molar-refractivity contribution in [3.05, 3.63) is 142 Å². The van der Waals surface area contributed by atoms with Gasteiger partial charge in [0.15, 0.2) is 0 Å². The summed E-state index contributed by atoms with van der Waals surface area (Å²) in [6, 6.07) is 27.0. The predicted octanol–water partition coefficient (Wildman–Crippen LogP) is 12.8. The number of pyridine rings is 2. The number of rotatable bonds is 3. The van der Waals surface area contributed by atoms with Crippen molar-refractivity contribution in [2.24, 2.45) is 0 Å². The molecule has 3 aromatic heterocycles. The van der Waals surface area contributed by atoms with Crippen LogP contribution in [0.5, 0.6) is 0 Å². The molecule has 0 aliphatic rings. The Morgan fingerprint density at radius 2 is 1.33 bits per heavy atom. The van der Waals surface area contributed by atoms with Gasteiger partial charge in [0, 0.05) is 58.4 Å². The van der Waals surface area contributed by atoms with Crippen molar-refractivity contribution in [2.75, 3.05) is 0 Å². The SMILES string of the molecule is [2H]C([2H])([2H])c1c[c-]c(-c2ccc(C(C)(C)C)cn2)cc1.[2H]C([2H])([2H])c1cc(C([2H])([2H])[2H])c2oc3c(-c4cc(-c5ccc(C(C)(C)C)cc5C([2H])([2H])[2H])c(C([2H])([2H])[2H])cn4)[c-]ccc3c2c1.[Ir]. The summed E-state index contributed by atoms with van der Waals surface area (Å²) in [6.07, 6.45) is 3.04. The Morgan fingerprint density at radius 1 is 0.588 bits per heavy atom. The fourth-order valence-corrected chi connectivity index (χ4v) is 5.68. The molecule has 3 nitrogen and oxygen atoms in total. The Kier molecular flexibility index (Phi) is 6.50. The summed E-state index contributed by atoms with van der Waals surface area (Å²) in [7, 11) is 0. The summed E-state index contributed by atoms with van der Waals surface area (Å²) < 4.78 is 125. The van der Waals surface area contributed by atoms with Crippen LogP contribution < -0.4 is 0 Å². The first-order valence-electron chi connectivity index (χ1n) is 23.7. The van der Waals surface area contributed by atoms with Gasteiger partial charge < -0.3 is 14.4 Å². The molecular formula is C47H48IrN2O-2. The van der Waals surface area contributed by atoms with Gasteiger partial charge in [-0.05, 0) is 94.6 Å². The van der Waals surface area contributed by atoms with E-state index in [0.717, 1.165) is 22.9 Å². The smallest absolute Gasteiger partial charge is 0.123 e. The van der Waals surface area contributed by atoms with Gasteiger partial charge in [-0.15, -0.1) is 53.6 Å². The summed E-state index contributed by atoms with van der Waals surface area (Å²) in [5, 5.41) is 0.693. The zero-order valence-corrected chi connectivity index (χ0v) is 31.7. The van der Waals surface area contributed by atoms with E-state index in [1.807, 2.05) is 39.1 Å². The maximum Gasteiger partial charge on any atom is 0.123 e. The number of hydrogen-bond acceptors (Lipinski definition) is 3. The summed E-state index contributed by atoms with van der Waals surface area (Å²) in [5.74, 6) is 0. The van der Waals surface area contributed by atoms with E-state index >= 15 is 0 Å². The van der Waals surface area contributed by atoms with Gasteiger partial charge >= 0.3 is 0 Å². The van der Waals surface area contributed by atoms with Crippen LogP contribution in [0.1, 0.15) is 101 Å². The van der Waals surface area contributed by atoms with Crippen LogP contribution in [0.15, 0.2) is 95.7 Å². The fraction of sp³-hybridized carbons (Fsp3) is 0.277. The van der Waals surface area contributed by atoms with Crippen molar-refractivity contribution in [2.45, 2.75) is 86.6 Å². The Hall–Kier alpha value is -4.37. The van der Waals surface area contributed by atoms with Crippen LogP contribution in [0, 0.1) is 46.4 Å². The molecule has 0 aliphatic heterocycles. The summed E-state index contributed by atoms with van der Waals surface area (Å²) in [4.78, 5) is 8.84. The molecular weight excluding hydrogens is 801 g/mol. The van der Waals surface area contributed by atoms with Gasteiger partial charge in [0.2, 0.25) is 0 Å². The van der Waals surface area contributed by atoms with Crippen LogP contribution in [-0.4, -0.2) is 9.97 Å². The molecule has 3 heterocycles. The molecule has 0 fully saturated rings. The molecule has 7 rings (SSSR count). The van der Waals surface area contributed by atoms with Crippen LogP contribution in [0.3, 0.4) is 0 Å². The van der Waals surface area contributed by atoms with Gasteiger partial charge in [0.25, 0.3) is 0 Å².